The van der Waals surface area contributed by atoms with Crippen LogP contribution < -0.4 is 10.9 Å². The van der Waals surface area contributed by atoms with Gasteiger partial charge in [0, 0.05) is 17.8 Å². The van der Waals surface area contributed by atoms with Gasteiger partial charge in [-0.3, -0.25) is 4.79 Å². The average molecular weight is 277 g/mol. The number of nitrogens with one attached hydrogen (secondary N) is 2. The zero-order chi connectivity index (χ0) is 14.9. The topological polar surface area (TPSA) is 57.8 Å². The highest BCUT2D eigenvalue weighted by atomic mass is 16.1. The number of rotatable bonds is 4. The molecule has 4 nitrogen and oxygen atoms in total. The third-order valence-corrected chi connectivity index (χ3v) is 4.91. The molecule has 2 N–H and O–H groups in total. The van der Waals surface area contributed by atoms with Gasteiger partial charge in [-0.25, -0.2) is 4.98 Å². The second kappa shape index (κ2) is 6.08. The summed E-state index contributed by atoms with van der Waals surface area (Å²) in [5, 5.41) is 3.65. The van der Waals surface area contributed by atoms with Crippen LogP contribution in [0.25, 0.3) is 0 Å². The van der Waals surface area contributed by atoms with Crippen molar-refractivity contribution < 1.29 is 0 Å². The summed E-state index contributed by atoms with van der Waals surface area (Å²) in [7, 11) is 0. The number of aryl methyl sites for hydroxylation is 2. The minimum atomic E-state index is -0.00677. The Morgan fingerprint density at radius 2 is 2.10 bits per heavy atom. The summed E-state index contributed by atoms with van der Waals surface area (Å²) in [6, 6.07) is 0.560. The van der Waals surface area contributed by atoms with Crippen LogP contribution in [0.5, 0.6) is 0 Å². The van der Waals surface area contributed by atoms with Crippen molar-refractivity contribution >= 4 is 0 Å². The van der Waals surface area contributed by atoms with Gasteiger partial charge in [0.2, 0.25) is 0 Å². The maximum Gasteiger partial charge on any atom is 0.255 e. The smallest absolute Gasteiger partial charge is 0.255 e. The Morgan fingerprint density at radius 1 is 1.40 bits per heavy atom. The second-order valence-corrected chi connectivity index (χ2v) is 6.25. The lowest BCUT2D eigenvalue weighted by Crippen LogP contribution is -2.37. The van der Waals surface area contributed by atoms with Crippen LogP contribution in [0.4, 0.5) is 0 Å². The molecule has 0 bridgehead atoms. The first-order valence-electron chi connectivity index (χ1n) is 7.77. The first-order valence-corrected chi connectivity index (χ1v) is 7.77. The Hall–Kier alpha value is -1.16. The Balaban J connectivity index is 2.14. The van der Waals surface area contributed by atoms with Crippen LogP contribution in [-0.4, -0.2) is 16.0 Å². The lowest BCUT2D eigenvalue weighted by Gasteiger charge is -2.25. The fraction of sp³-hybridized carbons (Fsp3) is 0.750. The number of H-pyrrole nitrogens is 1. The fourth-order valence-electron chi connectivity index (χ4n) is 3.71. The van der Waals surface area contributed by atoms with Gasteiger partial charge >= 0.3 is 0 Å². The van der Waals surface area contributed by atoms with Crippen molar-refractivity contribution in [3.05, 3.63) is 27.4 Å². The first-order chi connectivity index (χ1) is 9.43. The van der Waals surface area contributed by atoms with E-state index < -0.39 is 0 Å². The molecule has 1 aromatic heterocycles. The second-order valence-electron chi connectivity index (χ2n) is 6.25. The third-order valence-electron chi connectivity index (χ3n) is 4.91. The van der Waals surface area contributed by atoms with Crippen molar-refractivity contribution in [2.24, 2.45) is 11.8 Å². The van der Waals surface area contributed by atoms with E-state index in [1.54, 1.807) is 0 Å². The molecule has 1 heterocycles. The van der Waals surface area contributed by atoms with Gasteiger partial charge in [0.15, 0.2) is 0 Å². The van der Waals surface area contributed by atoms with Crippen molar-refractivity contribution in [3.8, 4) is 0 Å². The summed E-state index contributed by atoms with van der Waals surface area (Å²) in [5.41, 5.74) is 1.61. The normalized spacial score (nSPS) is 27.8. The van der Waals surface area contributed by atoms with E-state index in [4.69, 9.17) is 0 Å². The van der Waals surface area contributed by atoms with E-state index in [1.807, 2.05) is 13.8 Å². The van der Waals surface area contributed by atoms with Crippen LogP contribution in [0.3, 0.4) is 0 Å². The number of aromatic nitrogens is 2. The summed E-state index contributed by atoms with van der Waals surface area (Å²) < 4.78 is 0. The molecule has 1 fully saturated rings. The average Bonchev–Trinajstić information content (AvgIpc) is 2.69. The molecule has 1 saturated carbocycles. The quantitative estimate of drug-likeness (QED) is 0.889. The lowest BCUT2D eigenvalue weighted by molar-refractivity contribution is 0.326. The predicted octanol–water partition coefficient (Wildman–Crippen LogP) is 2.86. The molecule has 0 radical (unpaired) electrons. The minimum Gasteiger partial charge on any atom is -0.310 e. The molecule has 20 heavy (non-hydrogen) atoms. The Labute approximate surface area is 121 Å². The molecular weight excluding hydrogens is 250 g/mol. The van der Waals surface area contributed by atoms with E-state index in [9.17, 15) is 4.79 Å². The van der Waals surface area contributed by atoms with Crippen molar-refractivity contribution in [1.29, 1.82) is 0 Å². The van der Waals surface area contributed by atoms with E-state index in [0.717, 1.165) is 17.2 Å². The molecule has 4 heteroatoms. The predicted molar refractivity (Wildman–Crippen MR) is 81.8 cm³/mol. The molecule has 112 valence electrons. The number of aromatic amines is 1. The molecule has 1 aliphatic carbocycles. The van der Waals surface area contributed by atoms with E-state index in [2.05, 4.69) is 36.1 Å². The zero-order valence-corrected chi connectivity index (χ0v) is 13.3. The van der Waals surface area contributed by atoms with Gasteiger partial charge in [-0.15, -0.1) is 0 Å². The SMILES string of the molecule is CCC1CCC(NC(C)c2c(C)nc(C)[nH]c2=O)C1C. The molecule has 2 rings (SSSR count). The van der Waals surface area contributed by atoms with E-state index in [0.29, 0.717) is 17.8 Å². The Kier molecular flexibility index (Phi) is 4.63. The van der Waals surface area contributed by atoms with Gasteiger partial charge in [0.05, 0.1) is 5.56 Å². The van der Waals surface area contributed by atoms with Gasteiger partial charge in [0.25, 0.3) is 5.56 Å². The number of hydrogen-bond donors (Lipinski definition) is 2. The standard InChI is InChI=1S/C16H27N3O/c1-6-13-7-8-14(9(13)2)18-11(4)15-10(3)17-12(5)19-16(15)20/h9,11,13-14,18H,6-8H2,1-5H3,(H,17,19,20). The molecule has 0 aliphatic heterocycles. The van der Waals surface area contributed by atoms with Crippen LogP contribution in [0.1, 0.15) is 63.2 Å². The fourth-order valence-corrected chi connectivity index (χ4v) is 3.71. The summed E-state index contributed by atoms with van der Waals surface area (Å²) in [4.78, 5) is 19.3. The van der Waals surface area contributed by atoms with Crippen molar-refractivity contribution in [3.63, 3.8) is 0 Å². The van der Waals surface area contributed by atoms with Crippen LogP contribution in [0.15, 0.2) is 4.79 Å². The van der Waals surface area contributed by atoms with Gasteiger partial charge < -0.3 is 10.3 Å². The molecule has 1 aliphatic rings. The van der Waals surface area contributed by atoms with Crippen LogP contribution >= 0.6 is 0 Å². The minimum absolute atomic E-state index is 0.00677. The zero-order valence-electron chi connectivity index (χ0n) is 13.3. The summed E-state index contributed by atoms with van der Waals surface area (Å²) in [6.07, 6.45) is 3.75. The molecule has 0 aromatic carbocycles. The van der Waals surface area contributed by atoms with Crippen molar-refractivity contribution in [2.45, 2.75) is 66.0 Å². The molecule has 0 saturated heterocycles. The van der Waals surface area contributed by atoms with E-state index >= 15 is 0 Å². The molecule has 1 aromatic rings. The number of nitrogens with zero attached hydrogens (tertiary/aromatic N) is 1. The van der Waals surface area contributed by atoms with Gasteiger partial charge in [-0.1, -0.05) is 20.3 Å². The monoisotopic (exact) mass is 277 g/mol. The highest BCUT2D eigenvalue weighted by Gasteiger charge is 2.32. The molecule has 0 spiro atoms. The Bertz CT molecular complexity index is 523. The van der Waals surface area contributed by atoms with Crippen molar-refractivity contribution in [1.82, 2.24) is 15.3 Å². The molecule has 0 amide bonds. The van der Waals surface area contributed by atoms with Crippen LogP contribution in [-0.2, 0) is 0 Å². The highest BCUT2D eigenvalue weighted by molar-refractivity contribution is 5.20. The molecule has 4 unspecified atom stereocenters. The summed E-state index contributed by atoms with van der Waals surface area (Å²) >= 11 is 0. The number of hydrogen-bond acceptors (Lipinski definition) is 3. The third kappa shape index (κ3) is 2.95. The van der Waals surface area contributed by atoms with Crippen molar-refractivity contribution in [2.75, 3.05) is 0 Å². The van der Waals surface area contributed by atoms with Gasteiger partial charge in [0.1, 0.15) is 5.82 Å². The van der Waals surface area contributed by atoms with Gasteiger partial charge in [-0.2, -0.15) is 0 Å². The Morgan fingerprint density at radius 3 is 2.65 bits per heavy atom. The highest BCUT2D eigenvalue weighted by Crippen LogP contribution is 2.34. The maximum atomic E-state index is 12.1. The van der Waals surface area contributed by atoms with Crippen LogP contribution in [0.2, 0.25) is 0 Å². The lowest BCUT2D eigenvalue weighted by atomic mass is 9.93. The first kappa shape index (κ1) is 15.2. The van der Waals surface area contributed by atoms with E-state index in [-0.39, 0.29) is 11.6 Å². The molecule has 4 atom stereocenters. The largest absolute Gasteiger partial charge is 0.310 e. The summed E-state index contributed by atoms with van der Waals surface area (Å²) in [5.74, 6) is 2.18. The molecular formula is C16H27N3O. The summed E-state index contributed by atoms with van der Waals surface area (Å²) in [6.45, 7) is 10.4. The van der Waals surface area contributed by atoms with Crippen LogP contribution in [0, 0.1) is 25.7 Å². The maximum absolute atomic E-state index is 12.1. The van der Waals surface area contributed by atoms with Gasteiger partial charge in [-0.05, 0) is 45.4 Å². The van der Waals surface area contributed by atoms with E-state index in [1.165, 1.54) is 19.3 Å².